The number of benzene rings is 1. The topological polar surface area (TPSA) is 32.3 Å². The van der Waals surface area contributed by atoms with Crippen LogP contribution in [0.15, 0.2) is 24.3 Å². The lowest BCUT2D eigenvalue weighted by molar-refractivity contribution is 0.238. The number of hydrogen-bond acceptors (Lipinski definition) is 2. The zero-order chi connectivity index (χ0) is 12.0. The molecule has 0 aliphatic rings. The number of hydrogen-bond donors (Lipinski definition) is 2. The summed E-state index contributed by atoms with van der Waals surface area (Å²) in [7, 11) is 0. The van der Waals surface area contributed by atoms with Crippen molar-refractivity contribution in [1.82, 2.24) is 0 Å². The minimum absolute atomic E-state index is 0.155. The highest BCUT2D eigenvalue weighted by Gasteiger charge is 2.14. The van der Waals surface area contributed by atoms with Crippen LogP contribution in [0.2, 0.25) is 0 Å². The number of anilines is 1. The third kappa shape index (κ3) is 3.86. The standard InChI is InChI=1S/C14H23NO/c1-4-5-12(3)14(10-16)15-13-8-6-11(2)7-9-13/h6-9,12,14-16H,4-5,10H2,1-3H3. The molecule has 0 spiro atoms. The minimum atomic E-state index is 0.155. The van der Waals surface area contributed by atoms with E-state index >= 15 is 0 Å². The van der Waals surface area contributed by atoms with E-state index in [9.17, 15) is 5.11 Å². The third-order valence-electron chi connectivity index (χ3n) is 3.03. The Morgan fingerprint density at radius 1 is 1.25 bits per heavy atom. The number of aliphatic hydroxyl groups excluding tert-OH is 1. The predicted molar refractivity (Wildman–Crippen MR) is 69.7 cm³/mol. The summed E-state index contributed by atoms with van der Waals surface area (Å²) in [6.45, 7) is 6.63. The highest BCUT2D eigenvalue weighted by molar-refractivity contribution is 5.45. The van der Waals surface area contributed by atoms with Crippen LogP contribution in [0.4, 0.5) is 5.69 Å². The van der Waals surface area contributed by atoms with E-state index in [4.69, 9.17) is 0 Å². The van der Waals surface area contributed by atoms with Crippen molar-refractivity contribution in [3.63, 3.8) is 0 Å². The summed E-state index contributed by atoms with van der Waals surface area (Å²) >= 11 is 0. The summed E-state index contributed by atoms with van der Waals surface area (Å²) in [6, 6.07) is 8.46. The lowest BCUT2D eigenvalue weighted by Gasteiger charge is -2.24. The Morgan fingerprint density at radius 3 is 2.38 bits per heavy atom. The summed E-state index contributed by atoms with van der Waals surface area (Å²) in [5, 5.41) is 12.8. The second-order valence-corrected chi connectivity index (χ2v) is 4.57. The highest BCUT2D eigenvalue weighted by atomic mass is 16.3. The zero-order valence-corrected chi connectivity index (χ0v) is 10.5. The first-order valence-corrected chi connectivity index (χ1v) is 6.11. The summed E-state index contributed by atoms with van der Waals surface area (Å²) in [5.74, 6) is 0.497. The van der Waals surface area contributed by atoms with Crippen LogP contribution < -0.4 is 5.32 Å². The van der Waals surface area contributed by atoms with Crippen LogP contribution in [0.3, 0.4) is 0 Å². The lowest BCUT2D eigenvalue weighted by atomic mass is 9.97. The molecule has 90 valence electrons. The van der Waals surface area contributed by atoms with Gasteiger partial charge in [0, 0.05) is 5.69 Å². The van der Waals surface area contributed by atoms with Crippen LogP contribution in [0.5, 0.6) is 0 Å². The molecule has 2 unspecified atom stereocenters. The van der Waals surface area contributed by atoms with E-state index in [0.29, 0.717) is 5.92 Å². The first-order chi connectivity index (χ1) is 7.67. The molecule has 0 aromatic heterocycles. The van der Waals surface area contributed by atoms with Gasteiger partial charge in [-0.1, -0.05) is 38.0 Å². The van der Waals surface area contributed by atoms with Gasteiger partial charge < -0.3 is 10.4 Å². The molecule has 1 rings (SSSR count). The van der Waals surface area contributed by atoms with Crippen molar-refractivity contribution in [1.29, 1.82) is 0 Å². The average Bonchev–Trinajstić information content (AvgIpc) is 2.28. The van der Waals surface area contributed by atoms with Gasteiger partial charge in [0.05, 0.1) is 12.6 Å². The smallest absolute Gasteiger partial charge is 0.0635 e. The van der Waals surface area contributed by atoms with E-state index in [1.807, 2.05) is 0 Å². The average molecular weight is 221 g/mol. The van der Waals surface area contributed by atoms with Crippen LogP contribution in [0, 0.1) is 12.8 Å². The molecule has 0 saturated heterocycles. The molecule has 0 heterocycles. The Morgan fingerprint density at radius 2 is 1.88 bits per heavy atom. The van der Waals surface area contributed by atoms with Crippen molar-refractivity contribution >= 4 is 5.69 Å². The highest BCUT2D eigenvalue weighted by Crippen LogP contribution is 2.16. The van der Waals surface area contributed by atoms with Gasteiger partial charge in [-0.25, -0.2) is 0 Å². The van der Waals surface area contributed by atoms with Gasteiger partial charge in [-0.2, -0.15) is 0 Å². The first-order valence-electron chi connectivity index (χ1n) is 6.11. The van der Waals surface area contributed by atoms with Crippen molar-refractivity contribution < 1.29 is 5.11 Å². The van der Waals surface area contributed by atoms with E-state index in [-0.39, 0.29) is 12.6 Å². The lowest BCUT2D eigenvalue weighted by Crippen LogP contribution is -2.31. The molecule has 1 aromatic rings. The van der Waals surface area contributed by atoms with Gasteiger partial charge in [-0.15, -0.1) is 0 Å². The SMILES string of the molecule is CCCC(C)C(CO)Nc1ccc(C)cc1. The van der Waals surface area contributed by atoms with Gasteiger partial charge in [0.25, 0.3) is 0 Å². The summed E-state index contributed by atoms with van der Waals surface area (Å²) in [5.41, 5.74) is 2.35. The number of rotatable bonds is 6. The van der Waals surface area contributed by atoms with Crippen molar-refractivity contribution in [3.05, 3.63) is 29.8 Å². The minimum Gasteiger partial charge on any atom is -0.394 e. The maximum atomic E-state index is 9.38. The fraction of sp³-hybridized carbons (Fsp3) is 0.571. The Balaban J connectivity index is 2.59. The zero-order valence-electron chi connectivity index (χ0n) is 10.5. The van der Waals surface area contributed by atoms with Crippen LogP contribution in [0.25, 0.3) is 0 Å². The molecule has 2 heteroatoms. The number of nitrogens with one attached hydrogen (secondary N) is 1. The molecular weight excluding hydrogens is 198 g/mol. The molecule has 0 radical (unpaired) electrons. The van der Waals surface area contributed by atoms with E-state index in [1.165, 1.54) is 5.56 Å². The molecule has 16 heavy (non-hydrogen) atoms. The molecule has 0 amide bonds. The predicted octanol–water partition coefficient (Wildman–Crippen LogP) is 3.20. The molecule has 0 bridgehead atoms. The second kappa shape index (κ2) is 6.54. The second-order valence-electron chi connectivity index (χ2n) is 4.57. The van der Waals surface area contributed by atoms with Gasteiger partial charge in [0.15, 0.2) is 0 Å². The fourth-order valence-corrected chi connectivity index (χ4v) is 1.89. The summed E-state index contributed by atoms with van der Waals surface area (Å²) < 4.78 is 0. The summed E-state index contributed by atoms with van der Waals surface area (Å²) in [6.07, 6.45) is 2.30. The van der Waals surface area contributed by atoms with Crippen molar-refractivity contribution in [2.24, 2.45) is 5.92 Å². The van der Waals surface area contributed by atoms with Crippen LogP contribution in [-0.2, 0) is 0 Å². The quantitative estimate of drug-likeness (QED) is 0.773. The van der Waals surface area contributed by atoms with E-state index in [1.54, 1.807) is 0 Å². The Hall–Kier alpha value is -1.02. The molecule has 2 N–H and O–H groups in total. The van der Waals surface area contributed by atoms with Crippen molar-refractivity contribution in [3.8, 4) is 0 Å². The molecule has 0 aliphatic heterocycles. The van der Waals surface area contributed by atoms with Crippen LogP contribution in [-0.4, -0.2) is 17.8 Å². The van der Waals surface area contributed by atoms with Gasteiger partial charge in [-0.3, -0.25) is 0 Å². The summed E-state index contributed by atoms with van der Waals surface area (Å²) in [4.78, 5) is 0. The molecule has 0 fully saturated rings. The van der Waals surface area contributed by atoms with E-state index in [0.717, 1.165) is 18.5 Å². The van der Waals surface area contributed by atoms with Crippen molar-refractivity contribution in [2.75, 3.05) is 11.9 Å². The number of aliphatic hydroxyl groups is 1. The van der Waals surface area contributed by atoms with Crippen molar-refractivity contribution in [2.45, 2.75) is 39.7 Å². The Bertz CT molecular complexity index is 294. The third-order valence-corrected chi connectivity index (χ3v) is 3.03. The molecule has 2 atom stereocenters. The Labute approximate surface area is 98.7 Å². The van der Waals surface area contributed by atoms with Gasteiger partial charge in [0.1, 0.15) is 0 Å². The van der Waals surface area contributed by atoms with Gasteiger partial charge in [0.2, 0.25) is 0 Å². The first kappa shape index (κ1) is 13.0. The van der Waals surface area contributed by atoms with E-state index in [2.05, 4.69) is 50.4 Å². The van der Waals surface area contributed by atoms with E-state index < -0.39 is 0 Å². The molecule has 0 saturated carbocycles. The number of aryl methyl sites for hydroxylation is 1. The van der Waals surface area contributed by atoms with Crippen LogP contribution >= 0.6 is 0 Å². The maximum Gasteiger partial charge on any atom is 0.0635 e. The fourth-order valence-electron chi connectivity index (χ4n) is 1.89. The Kier molecular flexibility index (Phi) is 5.33. The largest absolute Gasteiger partial charge is 0.394 e. The monoisotopic (exact) mass is 221 g/mol. The van der Waals surface area contributed by atoms with Gasteiger partial charge >= 0.3 is 0 Å². The normalized spacial score (nSPS) is 14.5. The maximum absolute atomic E-state index is 9.38. The molecule has 0 aliphatic carbocycles. The molecule has 1 aromatic carbocycles. The van der Waals surface area contributed by atoms with Gasteiger partial charge in [-0.05, 0) is 31.4 Å². The molecular formula is C14H23NO. The van der Waals surface area contributed by atoms with Crippen LogP contribution in [0.1, 0.15) is 32.3 Å². The molecule has 2 nitrogen and oxygen atoms in total.